The van der Waals surface area contributed by atoms with Crippen LogP contribution in [0.4, 0.5) is 4.79 Å². The Bertz CT molecular complexity index is 771. The highest BCUT2D eigenvalue weighted by Crippen LogP contribution is 2.46. The van der Waals surface area contributed by atoms with Crippen LogP contribution < -0.4 is 15.2 Å². The molecular formula is C19H22N2O4. The minimum Gasteiger partial charge on any atom is -0.492 e. The van der Waals surface area contributed by atoms with E-state index in [4.69, 9.17) is 19.9 Å². The fourth-order valence-electron chi connectivity index (χ4n) is 2.94. The second kappa shape index (κ2) is 6.63. The fraction of sp³-hybridized carbons (Fsp3) is 0.368. The van der Waals surface area contributed by atoms with E-state index in [0.717, 1.165) is 16.7 Å². The van der Waals surface area contributed by atoms with Crippen LogP contribution in [0.15, 0.2) is 36.5 Å². The van der Waals surface area contributed by atoms with E-state index in [1.165, 1.54) is 0 Å². The van der Waals surface area contributed by atoms with Crippen molar-refractivity contribution >= 4 is 6.09 Å². The molecule has 0 spiro atoms. The molecule has 2 aromatic rings. The fourth-order valence-corrected chi connectivity index (χ4v) is 2.94. The van der Waals surface area contributed by atoms with Crippen molar-refractivity contribution in [2.24, 2.45) is 11.1 Å². The standard InChI is InChI=1S/C19H22N2O4/c1-4-23-16-8-6-13(10-21-16)12-5-7-14-15(9-12)24-11-19(2,3)17(14)25-18(20)22/h5-10,17H,4,11H2,1-3H3,(H2,20,22). The SMILES string of the molecule is CCOc1ccc(-c2ccc3c(c2)OCC(C)(C)C3OC(N)=O)cn1. The molecule has 0 saturated carbocycles. The number of nitrogens with two attached hydrogens (primary N) is 1. The molecular weight excluding hydrogens is 320 g/mol. The van der Waals surface area contributed by atoms with Gasteiger partial charge in [-0.25, -0.2) is 9.78 Å². The first-order valence-corrected chi connectivity index (χ1v) is 8.23. The van der Waals surface area contributed by atoms with Gasteiger partial charge in [-0.05, 0) is 24.6 Å². The van der Waals surface area contributed by atoms with Gasteiger partial charge in [-0.15, -0.1) is 0 Å². The number of benzene rings is 1. The minimum absolute atomic E-state index is 0.357. The Kier molecular flexibility index (Phi) is 4.53. The molecule has 1 amide bonds. The molecule has 1 unspecified atom stereocenters. The molecule has 2 heterocycles. The smallest absolute Gasteiger partial charge is 0.405 e. The summed E-state index contributed by atoms with van der Waals surface area (Å²) in [5.74, 6) is 1.29. The molecule has 0 aliphatic carbocycles. The van der Waals surface area contributed by atoms with E-state index in [0.29, 0.717) is 24.8 Å². The van der Waals surface area contributed by atoms with Gasteiger partial charge in [-0.2, -0.15) is 0 Å². The van der Waals surface area contributed by atoms with E-state index in [2.05, 4.69) is 4.98 Å². The number of hydrogen-bond acceptors (Lipinski definition) is 5. The van der Waals surface area contributed by atoms with E-state index in [9.17, 15) is 4.79 Å². The number of ether oxygens (including phenoxy) is 3. The van der Waals surface area contributed by atoms with Crippen molar-refractivity contribution in [3.63, 3.8) is 0 Å². The molecule has 0 radical (unpaired) electrons. The van der Waals surface area contributed by atoms with Crippen molar-refractivity contribution in [2.75, 3.05) is 13.2 Å². The number of nitrogens with zero attached hydrogens (tertiary/aromatic N) is 1. The van der Waals surface area contributed by atoms with Crippen LogP contribution in [0.1, 0.15) is 32.4 Å². The van der Waals surface area contributed by atoms with Gasteiger partial charge in [-0.1, -0.05) is 26.0 Å². The van der Waals surface area contributed by atoms with E-state index in [1.54, 1.807) is 6.20 Å². The Morgan fingerprint density at radius 3 is 2.72 bits per heavy atom. The lowest BCUT2D eigenvalue weighted by Gasteiger charge is -2.38. The molecule has 25 heavy (non-hydrogen) atoms. The largest absolute Gasteiger partial charge is 0.492 e. The van der Waals surface area contributed by atoms with Gasteiger partial charge in [0.25, 0.3) is 0 Å². The van der Waals surface area contributed by atoms with Crippen molar-refractivity contribution in [2.45, 2.75) is 26.9 Å². The summed E-state index contributed by atoms with van der Waals surface area (Å²) in [7, 11) is 0. The lowest BCUT2D eigenvalue weighted by atomic mass is 9.80. The first kappa shape index (κ1) is 17.1. The van der Waals surface area contributed by atoms with Crippen LogP contribution in [0.25, 0.3) is 11.1 Å². The number of fused-ring (bicyclic) bond motifs is 1. The average molecular weight is 342 g/mol. The van der Waals surface area contributed by atoms with Gasteiger partial charge in [0.05, 0.1) is 13.2 Å². The summed E-state index contributed by atoms with van der Waals surface area (Å²) in [6.07, 6.45) is 0.531. The third kappa shape index (κ3) is 3.52. The summed E-state index contributed by atoms with van der Waals surface area (Å²) in [4.78, 5) is 15.6. The number of carbonyl (C=O) groups is 1. The summed E-state index contributed by atoms with van der Waals surface area (Å²) >= 11 is 0. The zero-order valence-corrected chi connectivity index (χ0v) is 14.6. The first-order chi connectivity index (χ1) is 11.9. The lowest BCUT2D eigenvalue weighted by molar-refractivity contribution is -0.0176. The topological polar surface area (TPSA) is 83.7 Å². The number of primary amides is 1. The molecule has 0 bridgehead atoms. The van der Waals surface area contributed by atoms with Crippen molar-refractivity contribution in [3.8, 4) is 22.8 Å². The first-order valence-electron chi connectivity index (χ1n) is 8.23. The van der Waals surface area contributed by atoms with Gasteiger partial charge in [-0.3, -0.25) is 0 Å². The maximum absolute atomic E-state index is 11.3. The number of aromatic nitrogens is 1. The van der Waals surface area contributed by atoms with Crippen LogP contribution in [0, 0.1) is 5.41 Å². The molecule has 1 aromatic carbocycles. The molecule has 6 heteroatoms. The minimum atomic E-state index is -0.786. The van der Waals surface area contributed by atoms with Crippen molar-refractivity contribution in [1.82, 2.24) is 4.98 Å². The third-order valence-corrected chi connectivity index (χ3v) is 4.20. The summed E-state index contributed by atoms with van der Waals surface area (Å²) in [6, 6.07) is 9.58. The molecule has 1 aliphatic heterocycles. The summed E-state index contributed by atoms with van der Waals surface area (Å²) in [5.41, 5.74) is 7.62. The van der Waals surface area contributed by atoms with Crippen molar-refractivity contribution in [1.29, 1.82) is 0 Å². The number of rotatable bonds is 4. The lowest BCUT2D eigenvalue weighted by Crippen LogP contribution is -2.37. The van der Waals surface area contributed by atoms with Gasteiger partial charge < -0.3 is 19.9 Å². The van der Waals surface area contributed by atoms with Crippen LogP contribution in [0.2, 0.25) is 0 Å². The Balaban J connectivity index is 1.93. The second-order valence-corrected chi connectivity index (χ2v) is 6.66. The van der Waals surface area contributed by atoms with E-state index >= 15 is 0 Å². The van der Waals surface area contributed by atoms with E-state index < -0.39 is 12.2 Å². The van der Waals surface area contributed by atoms with Crippen LogP contribution in [0.3, 0.4) is 0 Å². The van der Waals surface area contributed by atoms with Gasteiger partial charge >= 0.3 is 6.09 Å². The van der Waals surface area contributed by atoms with Crippen LogP contribution in [-0.2, 0) is 4.74 Å². The highest BCUT2D eigenvalue weighted by molar-refractivity contribution is 5.68. The van der Waals surface area contributed by atoms with Gasteiger partial charge in [0.15, 0.2) is 0 Å². The maximum Gasteiger partial charge on any atom is 0.405 e. The summed E-state index contributed by atoms with van der Waals surface area (Å²) in [5, 5.41) is 0. The zero-order valence-electron chi connectivity index (χ0n) is 14.6. The van der Waals surface area contributed by atoms with Crippen molar-refractivity contribution in [3.05, 3.63) is 42.1 Å². The predicted octanol–water partition coefficient (Wildman–Crippen LogP) is 3.70. The molecule has 0 saturated heterocycles. The normalized spacial score (nSPS) is 18.0. The Morgan fingerprint density at radius 1 is 1.32 bits per heavy atom. The van der Waals surface area contributed by atoms with Gasteiger partial charge in [0, 0.05) is 28.8 Å². The predicted molar refractivity (Wildman–Crippen MR) is 93.5 cm³/mol. The second-order valence-electron chi connectivity index (χ2n) is 6.66. The molecule has 6 nitrogen and oxygen atoms in total. The molecule has 0 fully saturated rings. The Labute approximate surface area is 146 Å². The molecule has 1 aromatic heterocycles. The summed E-state index contributed by atoms with van der Waals surface area (Å²) < 4.78 is 16.6. The zero-order chi connectivity index (χ0) is 18.0. The number of carbonyl (C=O) groups excluding carboxylic acids is 1. The highest BCUT2D eigenvalue weighted by Gasteiger charge is 2.40. The van der Waals surface area contributed by atoms with E-state index in [-0.39, 0.29) is 5.41 Å². The Morgan fingerprint density at radius 2 is 2.08 bits per heavy atom. The number of amides is 1. The Hall–Kier alpha value is -2.76. The number of hydrogen-bond donors (Lipinski definition) is 1. The third-order valence-electron chi connectivity index (χ3n) is 4.20. The highest BCUT2D eigenvalue weighted by atomic mass is 16.6. The molecule has 3 rings (SSSR count). The maximum atomic E-state index is 11.3. The molecule has 2 N–H and O–H groups in total. The summed E-state index contributed by atoms with van der Waals surface area (Å²) in [6.45, 7) is 6.89. The van der Waals surface area contributed by atoms with Gasteiger partial charge in [0.1, 0.15) is 11.9 Å². The molecule has 132 valence electrons. The number of pyridine rings is 1. The van der Waals surface area contributed by atoms with Crippen molar-refractivity contribution < 1.29 is 19.0 Å². The molecule has 1 aliphatic rings. The monoisotopic (exact) mass is 342 g/mol. The van der Waals surface area contributed by atoms with E-state index in [1.807, 2.05) is 51.1 Å². The van der Waals surface area contributed by atoms with Crippen LogP contribution in [-0.4, -0.2) is 24.3 Å². The van der Waals surface area contributed by atoms with Gasteiger partial charge in [0.2, 0.25) is 5.88 Å². The molecule has 1 atom stereocenters. The van der Waals surface area contributed by atoms with Crippen LogP contribution >= 0.6 is 0 Å². The average Bonchev–Trinajstić information content (AvgIpc) is 2.58. The van der Waals surface area contributed by atoms with Crippen LogP contribution in [0.5, 0.6) is 11.6 Å². The quantitative estimate of drug-likeness (QED) is 0.916.